The second-order valence-corrected chi connectivity index (χ2v) is 6.95. The molecular weight excluding hydrogens is 376 g/mol. The summed E-state index contributed by atoms with van der Waals surface area (Å²) < 4.78 is 34.5. The van der Waals surface area contributed by atoms with Crippen LogP contribution in [0.15, 0.2) is 61.2 Å². The zero-order valence-electron chi connectivity index (χ0n) is 16.3. The van der Waals surface area contributed by atoms with Gasteiger partial charge < -0.3 is 9.84 Å². The van der Waals surface area contributed by atoms with Crippen LogP contribution in [0.5, 0.6) is 5.75 Å². The van der Waals surface area contributed by atoms with E-state index in [9.17, 15) is 13.9 Å². The number of benzene rings is 2. The van der Waals surface area contributed by atoms with Crippen molar-refractivity contribution in [2.24, 2.45) is 5.92 Å². The van der Waals surface area contributed by atoms with Crippen molar-refractivity contribution < 1.29 is 18.6 Å². The molecule has 2 aromatic carbocycles. The van der Waals surface area contributed by atoms with Gasteiger partial charge in [-0.05, 0) is 36.1 Å². The van der Waals surface area contributed by atoms with Crippen LogP contribution in [0.3, 0.4) is 0 Å². The van der Waals surface area contributed by atoms with Crippen molar-refractivity contribution in [1.82, 2.24) is 14.8 Å². The third kappa shape index (κ3) is 4.86. The molecule has 5 nitrogen and oxygen atoms in total. The number of hydrogen-bond donors (Lipinski definition) is 1. The van der Waals surface area contributed by atoms with E-state index < -0.39 is 17.2 Å². The molecule has 0 saturated heterocycles. The minimum absolute atomic E-state index is 0.00685. The summed E-state index contributed by atoms with van der Waals surface area (Å²) in [7, 11) is 1.61. The molecule has 0 bridgehead atoms. The van der Waals surface area contributed by atoms with Crippen LogP contribution in [0.25, 0.3) is 6.08 Å². The fourth-order valence-electron chi connectivity index (χ4n) is 3.23. The van der Waals surface area contributed by atoms with E-state index in [1.54, 1.807) is 7.11 Å². The Morgan fingerprint density at radius 1 is 1.21 bits per heavy atom. The van der Waals surface area contributed by atoms with Crippen LogP contribution >= 0.6 is 0 Å². The third-order valence-electron chi connectivity index (χ3n) is 5.00. The second-order valence-electron chi connectivity index (χ2n) is 6.95. The predicted molar refractivity (Wildman–Crippen MR) is 106 cm³/mol. The van der Waals surface area contributed by atoms with Crippen molar-refractivity contribution in [2.75, 3.05) is 7.11 Å². The zero-order valence-corrected chi connectivity index (χ0v) is 16.3. The van der Waals surface area contributed by atoms with E-state index in [-0.39, 0.29) is 18.0 Å². The molecule has 3 aromatic rings. The minimum Gasteiger partial charge on any atom is -0.497 e. The number of hydrogen-bond acceptors (Lipinski definition) is 4. The lowest BCUT2D eigenvalue weighted by molar-refractivity contribution is -0.0379. The van der Waals surface area contributed by atoms with Gasteiger partial charge in [0.25, 0.3) is 0 Å². The monoisotopic (exact) mass is 399 g/mol. The average Bonchev–Trinajstić information content (AvgIpc) is 3.21. The van der Waals surface area contributed by atoms with E-state index in [2.05, 4.69) is 10.1 Å². The highest BCUT2D eigenvalue weighted by atomic mass is 19.1. The Hall–Kier alpha value is -3.06. The van der Waals surface area contributed by atoms with Gasteiger partial charge >= 0.3 is 0 Å². The molecule has 0 saturated carbocycles. The molecule has 2 atom stereocenters. The van der Waals surface area contributed by atoms with Gasteiger partial charge in [-0.1, -0.05) is 37.3 Å². The van der Waals surface area contributed by atoms with Crippen molar-refractivity contribution >= 4 is 6.08 Å². The highest BCUT2D eigenvalue weighted by molar-refractivity contribution is 5.50. The van der Waals surface area contributed by atoms with Gasteiger partial charge in [0, 0.05) is 11.6 Å². The van der Waals surface area contributed by atoms with Crippen LogP contribution in [-0.2, 0) is 12.1 Å². The maximum atomic E-state index is 14.5. The Morgan fingerprint density at radius 2 is 1.97 bits per heavy atom. The molecule has 1 heterocycles. The Bertz CT molecular complexity index is 959. The molecule has 0 unspecified atom stereocenters. The van der Waals surface area contributed by atoms with Crippen molar-refractivity contribution in [3.8, 4) is 5.75 Å². The number of aliphatic hydroxyl groups is 1. The molecule has 7 heteroatoms. The summed E-state index contributed by atoms with van der Waals surface area (Å²) >= 11 is 0. The van der Waals surface area contributed by atoms with Gasteiger partial charge in [0.2, 0.25) is 0 Å². The predicted octanol–water partition coefficient (Wildman–Crippen LogP) is 4.19. The van der Waals surface area contributed by atoms with Gasteiger partial charge in [-0.3, -0.25) is 0 Å². The van der Waals surface area contributed by atoms with Crippen LogP contribution in [0.1, 0.15) is 24.5 Å². The number of rotatable bonds is 8. The van der Waals surface area contributed by atoms with Crippen molar-refractivity contribution in [2.45, 2.75) is 25.5 Å². The first-order chi connectivity index (χ1) is 13.9. The van der Waals surface area contributed by atoms with E-state index in [1.807, 2.05) is 43.3 Å². The first-order valence-electron chi connectivity index (χ1n) is 9.23. The lowest BCUT2D eigenvalue weighted by atomic mass is 9.80. The average molecular weight is 399 g/mol. The van der Waals surface area contributed by atoms with Gasteiger partial charge in [-0.2, -0.15) is 5.10 Å². The molecule has 29 heavy (non-hydrogen) atoms. The van der Waals surface area contributed by atoms with Crippen LogP contribution in [0.4, 0.5) is 8.78 Å². The Labute approximate surface area is 168 Å². The van der Waals surface area contributed by atoms with Gasteiger partial charge in [0.15, 0.2) is 0 Å². The van der Waals surface area contributed by atoms with E-state index in [0.29, 0.717) is 6.42 Å². The fourth-order valence-corrected chi connectivity index (χ4v) is 3.23. The molecule has 0 aliphatic rings. The molecule has 0 aliphatic carbocycles. The number of aromatic nitrogens is 3. The largest absolute Gasteiger partial charge is 0.497 e. The second kappa shape index (κ2) is 8.96. The molecule has 3 rings (SSSR count). The smallest absolute Gasteiger partial charge is 0.137 e. The summed E-state index contributed by atoms with van der Waals surface area (Å²) in [5.74, 6) is -1.11. The lowest BCUT2D eigenvalue weighted by Gasteiger charge is -2.34. The SMILES string of the molecule is COc1ccc(/C=C/C[C@H](C)[C@](O)(Cn2cncn2)c2ccc(F)cc2F)cc1. The Kier molecular flexibility index (Phi) is 6.39. The Morgan fingerprint density at radius 3 is 2.59 bits per heavy atom. The summed E-state index contributed by atoms with van der Waals surface area (Å²) in [5, 5.41) is 15.5. The topological polar surface area (TPSA) is 60.2 Å². The van der Waals surface area contributed by atoms with Crippen molar-refractivity contribution in [3.63, 3.8) is 0 Å². The third-order valence-corrected chi connectivity index (χ3v) is 5.00. The normalized spacial score (nSPS) is 14.7. The maximum absolute atomic E-state index is 14.5. The highest BCUT2D eigenvalue weighted by Gasteiger charge is 2.38. The summed E-state index contributed by atoms with van der Waals surface area (Å²) in [6, 6.07) is 10.8. The van der Waals surface area contributed by atoms with Gasteiger partial charge in [0.05, 0.1) is 13.7 Å². The first-order valence-corrected chi connectivity index (χ1v) is 9.23. The first kappa shape index (κ1) is 20.7. The number of halogens is 2. The molecular formula is C22H23F2N3O2. The highest BCUT2D eigenvalue weighted by Crippen LogP contribution is 2.35. The molecule has 0 aliphatic heterocycles. The molecule has 0 amide bonds. The quantitative estimate of drug-likeness (QED) is 0.617. The van der Waals surface area contributed by atoms with Crippen LogP contribution in [0.2, 0.25) is 0 Å². The number of allylic oxidation sites excluding steroid dienone is 1. The molecule has 0 radical (unpaired) electrons. The minimum atomic E-state index is -1.60. The van der Waals surface area contributed by atoms with Crippen LogP contribution in [0, 0.1) is 17.6 Å². The summed E-state index contributed by atoms with van der Waals surface area (Å²) in [5.41, 5.74) is -0.596. The number of methoxy groups -OCH3 is 1. The number of nitrogens with zero attached hydrogens (tertiary/aromatic N) is 3. The van der Waals surface area contributed by atoms with Gasteiger partial charge in [-0.15, -0.1) is 0 Å². The van der Waals surface area contributed by atoms with E-state index in [1.165, 1.54) is 23.4 Å². The van der Waals surface area contributed by atoms with Crippen LogP contribution < -0.4 is 4.74 Å². The lowest BCUT2D eigenvalue weighted by Crippen LogP contribution is -2.39. The van der Waals surface area contributed by atoms with Crippen LogP contribution in [-0.4, -0.2) is 27.0 Å². The maximum Gasteiger partial charge on any atom is 0.137 e. The Balaban J connectivity index is 1.83. The summed E-state index contributed by atoms with van der Waals surface area (Å²) in [4.78, 5) is 3.87. The standard InChI is InChI=1S/C22H23F2N3O2/c1-16(4-3-5-17-6-9-19(29-2)10-7-17)22(28,13-27-15-25-14-26-27)20-11-8-18(23)12-21(20)24/h3,5-12,14-16,28H,4,13H2,1-2H3/b5-3+/t16-,22+/m0/s1. The van der Waals surface area contributed by atoms with E-state index in [4.69, 9.17) is 4.74 Å². The van der Waals surface area contributed by atoms with Gasteiger partial charge in [-0.25, -0.2) is 18.4 Å². The molecule has 0 spiro atoms. The zero-order chi connectivity index (χ0) is 20.9. The summed E-state index contributed by atoms with van der Waals surface area (Å²) in [6.45, 7) is 1.81. The molecule has 1 N–H and O–H groups in total. The fraction of sp³-hybridized carbons (Fsp3) is 0.273. The molecule has 0 fully saturated rings. The van der Waals surface area contributed by atoms with E-state index >= 15 is 0 Å². The number of ether oxygens (including phenoxy) is 1. The van der Waals surface area contributed by atoms with Crippen molar-refractivity contribution in [3.05, 3.63) is 84.0 Å². The summed E-state index contributed by atoms with van der Waals surface area (Å²) in [6.07, 6.45) is 7.10. The molecule has 152 valence electrons. The van der Waals surface area contributed by atoms with E-state index in [0.717, 1.165) is 23.4 Å². The molecule has 1 aromatic heterocycles. The van der Waals surface area contributed by atoms with Gasteiger partial charge in [0.1, 0.15) is 35.6 Å². The van der Waals surface area contributed by atoms with Crippen molar-refractivity contribution in [1.29, 1.82) is 0 Å².